The number of aryl methyl sites for hydroxylation is 1. The fourth-order valence-corrected chi connectivity index (χ4v) is 4.31. The van der Waals surface area contributed by atoms with Crippen LogP contribution in [0.5, 0.6) is 0 Å². The molecule has 7 heteroatoms. The third kappa shape index (κ3) is 5.42. The largest absolute Gasteiger partial charge is 0.307 e. The van der Waals surface area contributed by atoms with Gasteiger partial charge in [-0.05, 0) is 66.5 Å². The first-order valence-electron chi connectivity index (χ1n) is 10.4. The molecule has 0 aliphatic carbocycles. The maximum Gasteiger partial charge on any atom is 0.258 e. The number of nitrogens with zero attached hydrogens (tertiary/aromatic N) is 1. The molecule has 4 rings (SSSR count). The minimum Gasteiger partial charge on any atom is -0.307 e. The van der Waals surface area contributed by atoms with Gasteiger partial charge in [-0.2, -0.15) is 0 Å². The normalized spacial score (nSPS) is 15.2. The van der Waals surface area contributed by atoms with E-state index in [1.165, 1.54) is 12.1 Å². The molecule has 0 radical (unpaired) electrons. The molecular weight excluding hydrogens is 456 g/mol. The maximum absolute atomic E-state index is 13.3. The van der Waals surface area contributed by atoms with Gasteiger partial charge < -0.3 is 4.90 Å². The average molecular weight is 479 g/mol. The molecule has 3 aromatic carbocycles. The third-order valence-electron chi connectivity index (χ3n) is 5.49. The van der Waals surface area contributed by atoms with E-state index in [9.17, 15) is 13.2 Å². The van der Waals surface area contributed by atoms with Crippen LogP contribution in [0.15, 0.2) is 89.3 Å². The van der Waals surface area contributed by atoms with Gasteiger partial charge in [0.05, 0.1) is 10.6 Å². The Hall–Kier alpha value is -3.19. The van der Waals surface area contributed by atoms with Crippen molar-refractivity contribution < 1.29 is 13.2 Å². The second-order valence-electron chi connectivity index (χ2n) is 7.94. The first-order chi connectivity index (χ1) is 15.7. The number of carbonyl (C=O) groups is 1. The van der Waals surface area contributed by atoms with Gasteiger partial charge in [0.1, 0.15) is 0 Å². The average Bonchev–Trinajstić information content (AvgIpc) is 3.09. The molecule has 0 spiro atoms. The van der Waals surface area contributed by atoms with Crippen LogP contribution >= 0.6 is 11.6 Å². The number of benzene rings is 3. The van der Waals surface area contributed by atoms with Gasteiger partial charge in [0, 0.05) is 17.1 Å². The molecule has 1 heterocycles. The minimum atomic E-state index is -3.74. The van der Waals surface area contributed by atoms with Crippen molar-refractivity contribution in [2.75, 3.05) is 6.54 Å². The molecule has 0 saturated carbocycles. The number of halogens is 1. The Bertz CT molecular complexity index is 1340. The highest BCUT2D eigenvalue weighted by Gasteiger charge is 2.28. The van der Waals surface area contributed by atoms with Crippen molar-refractivity contribution in [1.29, 1.82) is 0 Å². The minimum absolute atomic E-state index is 0.0666. The topological polar surface area (TPSA) is 80.5 Å². The van der Waals surface area contributed by atoms with Crippen molar-refractivity contribution in [2.24, 2.45) is 5.14 Å². The molecule has 0 bridgehead atoms. The molecule has 0 aromatic heterocycles. The number of primary sulfonamides is 1. The van der Waals surface area contributed by atoms with E-state index in [2.05, 4.69) is 0 Å². The van der Waals surface area contributed by atoms with Crippen LogP contribution in [0.25, 0.3) is 11.8 Å². The highest BCUT2D eigenvalue weighted by atomic mass is 35.5. The summed E-state index contributed by atoms with van der Waals surface area (Å²) in [4.78, 5) is 15.1. The predicted molar refractivity (Wildman–Crippen MR) is 132 cm³/mol. The van der Waals surface area contributed by atoms with E-state index >= 15 is 0 Å². The molecule has 0 atom stereocenters. The van der Waals surface area contributed by atoms with E-state index in [1.54, 1.807) is 29.2 Å². The summed E-state index contributed by atoms with van der Waals surface area (Å²) >= 11 is 5.98. The smallest absolute Gasteiger partial charge is 0.258 e. The van der Waals surface area contributed by atoms with E-state index in [0.717, 1.165) is 28.0 Å². The van der Waals surface area contributed by atoms with Crippen molar-refractivity contribution in [1.82, 2.24) is 4.90 Å². The van der Waals surface area contributed by atoms with Crippen molar-refractivity contribution in [3.8, 4) is 0 Å². The number of amides is 1. The highest BCUT2D eigenvalue weighted by Crippen LogP contribution is 2.31. The molecular formula is C26H23ClN2O3S. The van der Waals surface area contributed by atoms with Crippen LogP contribution in [0.4, 0.5) is 0 Å². The molecule has 5 nitrogen and oxygen atoms in total. The lowest BCUT2D eigenvalue weighted by Gasteiger charge is -2.21. The van der Waals surface area contributed by atoms with Crippen LogP contribution in [-0.2, 0) is 21.2 Å². The molecule has 0 fully saturated rings. The lowest BCUT2D eigenvalue weighted by atomic mass is 10.1. The first kappa shape index (κ1) is 23.0. The standard InChI is InChI=1S/C26H23ClN2O3S/c1-18-2-8-21(9-3-18)25-17-22(16-20-4-10-23(27)11-5-20)26(30)29(25)15-14-19-6-12-24(13-7-19)33(28,31)32/h2-13,16-17H,14-15H2,1H3,(H2,28,31,32)/b22-16-. The molecule has 3 aromatic rings. The van der Waals surface area contributed by atoms with E-state index in [4.69, 9.17) is 16.7 Å². The number of hydrogen-bond donors (Lipinski definition) is 1. The number of rotatable bonds is 6. The van der Waals surface area contributed by atoms with Gasteiger partial charge in [-0.15, -0.1) is 0 Å². The van der Waals surface area contributed by atoms with Gasteiger partial charge in [0.2, 0.25) is 10.0 Å². The fraction of sp³-hybridized carbons (Fsp3) is 0.115. The van der Waals surface area contributed by atoms with E-state index in [0.29, 0.717) is 23.6 Å². The summed E-state index contributed by atoms with van der Waals surface area (Å²) in [5.74, 6) is -0.0818. The van der Waals surface area contributed by atoms with Crippen molar-refractivity contribution in [3.63, 3.8) is 0 Å². The monoisotopic (exact) mass is 478 g/mol. The van der Waals surface area contributed by atoms with Crippen LogP contribution in [0, 0.1) is 6.92 Å². The van der Waals surface area contributed by atoms with Gasteiger partial charge in [-0.25, -0.2) is 13.6 Å². The zero-order chi connectivity index (χ0) is 23.6. The van der Waals surface area contributed by atoms with Crippen LogP contribution in [0.3, 0.4) is 0 Å². The maximum atomic E-state index is 13.3. The zero-order valence-corrected chi connectivity index (χ0v) is 19.6. The second-order valence-corrected chi connectivity index (χ2v) is 9.94. The summed E-state index contributed by atoms with van der Waals surface area (Å²) in [7, 11) is -3.74. The van der Waals surface area contributed by atoms with E-state index < -0.39 is 10.0 Å². The third-order valence-corrected chi connectivity index (χ3v) is 6.67. The molecule has 1 aliphatic rings. The summed E-state index contributed by atoms with van der Waals surface area (Å²) in [6.07, 6.45) is 4.33. The number of carbonyl (C=O) groups excluding carboxylic acids is 1. The summed E-state index contributed by atoms with van der Waals surface area (Å²) in [5, 5.41) is 5.82. The lowest BCUT2D eigenvalue weighted by molar-refractivity contribution is -0.122. The van der Waals surface area contributed by atoms with Gasteiger partial charge in [0.25, 0.3) is 5.91 Å². The molecule has 0 unspecified atom stereocenters. The molecule has 1 amide bonds. The number of nitrogens with two attached hydrogens (primary N) is 1. The number of sulfonamides is 1. The molecule has 1 aliphatic heterocycles. The Morgan fingerprint density at radius 1 is 0.939 bits per heavy atom. The summed E-state index contributed by atoms with van der Waals surface area (Å²) in [6, 6.07) is 21.8. The lowest BCUT2D eigenvalue weighted by Crippen LogP contribution is -2.27. The Labute approximate surface area is 198 Å². The molecule has 0 saturated heterocycles. The Balaban J connectivity index is 1.62. The Kier molecular flexibility index (Phi) is 6.51. The highest BCUT2D eigenvalue weighted by molar-refractivity contribution is 7.89. The Morgan fingerprint density at radius 3 is 2.18 bits per heavy atom. The molecule has 168 valence electrons. The van der Waals surface area contributed by atoms with Crippen molar-refractivity contribution in [2.45, 2.75) is 18.2 Å². The van der Waals surface area contributed by atoms with Crippen LogP contribution in [0.2, 0.25) is 5.02 Å². The van der Waals surface area contributed by atoms with E-state index in [-0.39, 0.29) is 10.8 Å². The fourth-order valence-electron chi connectivity index (χ4n) is 3.67. The summed E-state index contributed by atoms with van der Waals surface area (Å²) in [5.41, 5.74) is 5.33. The molecule has 2 N–H and O–H groups in total. The van der Waals surface area contributed by atoms with Gasteiger partial charge in [-0.1, -0.05) is 65.7 Å². The SMILES string of the molecule is Cc1ccc(C2=C/C(=C/c3ccc(Cl)cc3)C(=O)N2CCc2ccc(S(N)(=O)=O)cc2)cc1. The van der Waals surface area contributed by atoms with Gasteiger partial charge in [-0.3, -0.25) is 4.79 Å². The van der Waals surface area contributed by atoms with E-state index in [1.807, 2.05) is 55.5 Å². The predicted octanol–water partition coefficient (Wildman–Crippen LogP) is 4.81. The van der Waals surface area contributed by atoms with Crippen molar-refractivity contribution >= 4 is 39.3 Å². The molecule has 33 heavy (non-hydrogen) atoms. The van der Waals surface area contributed by atoms with Gasteiger partial charge >= 0.3 is 0 Å². The summed E-state index contributed by atoms with van der Waals surface area (Å²) < 4.78 is 23.0. The van der Waals surface area contributed by atoms with Gasteiger partial charge in [0.15, 0.2) is 0 Å². The van der Waals surface area contributed by atoms with Crippen LogP contribution < -0.4 is 5.14 Å². The quantitative estimate of drug-likeness (QED) is 0.516. The Morgan fingerprint density at radius 2 is 1.58 bits per heavy atom. The number of hydrogen-bond acceptors (Lipinski definition) is 3. The first-order valence-corrected chi connectivity index (χ1v) is 12.3. The summed E-state index contributed by atoms with van der Waals surface area (Å²) in [6.45, 7) is 2.47. The zero-order valence-electron chi connectivity index (χ0n) is 18.0. The van der Waals surface area contributed by atoms with Crippen molar-refractivity contribution in [3.05, 3.63) is 112 Å². The second kappa shape index (κ2) is 9.35. The van der Waals surface area contributed by atoms with Crippen LogP contribution in [0.1, 0.15) is 22.3 Å². The van der Waals surface area contributed by atoms with Crippen LogP contribution in [-0.4, -0.2) is 25.8 Å².